The number of rotatable bonds is 68. The third-order valence-electron chi connectivity index (χ3n) is 16.3. The summed E-state index contributed by atoms with van der Waals surface area (Å²) in [5.41, 5.74) is 0. The van der Waals surface area contributed by atoms with Crippen molar-refractivity contribution in [3.63, 3.8) is 0 Å². The number of esters is 4. The van der Waals surface area contributed by atoms with E-state index in [0.29, 0.717) is 25.7 Å². The van der Waals surface area contributed by atoms with Gasteiger partial charge in [0.05, 0.1) is 26.4 Å². The lowest BCUT2D eigenvalue weighted by molar-refractivity contribution is -0.161. The molecule has 0 saturated heterocycles. The zero-order chi connectivity index (χ0) is 65.0. The fourth-order valence-corrected chi connectivity index (χ4v) is 12.0. The lowest BCUT2D eigenvalue weighted by Gasteiger charge is -2.21. The van der Waals surface area contributed by atoms with Crippen LogP contribution in [0.4, 0.5) is 0 Å². The molecular formula is C69H134O17P2. The van der Waals surface area contributed by atoms with Gasteiger partial charge in [0, 0.05) is 25.7 Å². The van der Waals surface area contributed by atoms with Gasteiger partial charge in [-0.3, -0.25) is 37.3 Å². The van der Waals surface area contributed by atoms with Crippen molar-refractivity contribution < 1.29 is 80.2 Å². The number of phosphoric acid groups is 2. The predicted molar refractivity (Wildman–Crippen MR) is 354 cm³/mol. The van der Waals surface area contributed by atoms with Crippen molar-refractivity contribution in [1.82, 2.24) is 0 Å². The van der Waals surface area contributed by atoms with Gasteiger partial charge in [-0.25, -0.2) is 9.13 Å². The summed E-state index contributed by atoms with van der Waals surface area (Å²) in [6.07, 6.45) is 45.8. The predicted octanol–water partition coefficient (Wildman–Crippen LogP) is 19.6. The summed E-state index contributed by atoms with van der Waals surface area (Å²) in [5.74, 6) is -0.612. The van der Waals surface area contributed by atoms with Crippen molar-refractivity contribution in [2.45, 2.75) is 368 Å². The maximum atomic E-state index is 13.0. The van der Waals surface area contributed by atoms with Gasteiger partial charge in [-0.15, -0.1) is 0 Å². The highest BCUT2D eigenvalue weighted by atomic mass is 31.2. The minimum atomic E-state index is -4.95. The van der Waals surface area contributed by atoms with Crippen molar-refractivity contribution >= 4 is 39.5 Å². The molecule has 3 unspecified atom stereocenters. The largest absolute Gasteiger partial charge is 0.472 e. The molecule has 0 radical (unpaired) electrons. The van der Waals surface area contributed by atoms with E-state index in [1.54, 1.807) is 0 Å². The van der Waals surface area contributed by atoms with Gasteiger partial charge in [0.2, 0.25) is 0 Å². The van der Waals surface area contributed by atoms with Gasteiger partial charge in [-0.05, 0) is 37.5 Å². The zero-order valence-corrected chi connectivity index (χ0v) is 58.8. The highest BCUT2D eigenvalue weighted by Gasteiger charge is 2.30. The van der Waals surface area contributed by atoms with Gasteiger partial charge < -0.3 is 33.8 Å². The lowest BCUT2D eigenvalue weighted by atomic mass is 10.00. The van der Waals surface area contributed by atoms with Crippen LogP contribution in [0.3, 0.4) is 0 Å². The Bertz CT molecular complexity index is 1720. The zero-order valence-electron chi connectivity index (χ0n) is 57.0. The topological polar surface area (TPSA) is 237 Å². The highest BCUT2D eigenvalue weighted by Crippen LogP contribution is 2.45. The Morgan fingerprint density at radius 2 is 0.580 bits per heavy atom. The number of ether oxygens (including phenoxy) is 4. The monoisotopic (exact) mass is 1300 g/mol. The Morgan fingerprint density at radius 1 is 0.330 bits per heavy atom. The Hall–Kier alpha value is -1.94. The van der Waals surface area contributed by atoms with Crippen molar-refractivity contribution in [2.24, 2.45) is 11.8 Å². The summed E-state index contributed by atoms with van der Waals surface area (Å²) in [6.45, 7) is 9.50. The van der Waals surface area contributed by atoms with Gasteiger partial charge in [0.15, 0.2) is 12.2 Å². The molecule has 0 saturated carbocycles. The van der Waals surface area contributed by atoms with E-state index >= 15 is 0 Å². The summed E-state index contributed by atoms with van der Waals surface area (Å²) in [4.78, 5) is 72.4. The van der Waals surface area contributed by atoms with Crippen LogP contribution < -0.4 is 0 Å². The van der Waals surface area contributed by atoms with E-state index in [2.05, 4.69) is 41.5 Å². The first-order chi connectivity index (χ1) is 42.4. The number of carbonyl (C=O) groups is 4. The molecule has 19 heteroatoms. The summed E-state index contributed by atoms with van der Waals surface area (Å²) in [5, 5.41) is 10.6. The normalized spacial score (nSPS) is 14.5. The second kappa shape index (κ2) is 61.3. The van der Waals surface area contributed by atoms with Crippen LogP contribution in [-0.2, 0) is 65.4 Å². The highest BCUT2D eigenvalue weighted by molar-refractivity contribution is 7.47. The molecule has 0 bridgehead atoms. The second-order valence-electron chi connectivity index (χ2n) is 25.6. The average Bonchev–Trinajstić information content (AvgIpc) is 3.69. The van der Waals surface area contributed by atoms with E-state index in [1.807, 2.05) is 0 Å². The third-order valence-corrected chi connectivity index (χ3v) is 18.2. The van der Waals surface area contributed by atoms with Crippen molar-refractivity contribution in [3.8, 4) is 0 Å². The van der Waals surface area contributed by atoms with Gasteiger partial charge >= 0.3 is 39.5 Å². The Balaban J connectivity index is 5.22. The number of unbranched alkanes of at least 4 members (excludes halogenated alkanes) is 37. The molecule has 17 nitrogen and oxygen atoms in total. The van der Waals surface area contributed by atoms with E-state index in [9.17, 15) is 43.2 Å². The molecular weight excluding hydrogens is 1160 g/mol. The number of carbonyl (C=O) groups excluding carboxylic acids is 4. The molecule has 0 fully saturated rings. The summed E-state index contributed by atoms with van der Waals surface area (Å²) < 4.78 is 68.2. The standard InChI is InChI=1S/C69H134O17P2/c1-7-10-12-14-16-18-24-29-33-40-46-52-67(72)79-57-64(85-68(73)53-47-41-34-30-26-23-21-20-22-25-27-31-37-43-49-61(4)5)59-83-87(75,76)81-55-63(70)56-82-88(77,78)84-60-65(86-69(74)54-48-42-36-35-38-44-50-62(6)9-3)58-80-66(71)51-45-39-32-28-19-17-15-13-11-8-2/h61-65,70H,7-60H2,1-6H3,(H,75,76)(H,77,78)/t62?,63-,64-,65-/m1/s1. The van der Waals surface area contributed by atoms with Crippen molar-refractivity contribution in [3.05, 3.63) is 0 Å². The number of aliphatic hydroxyl groups is 1. The average molecular weight is 1300 g/mol. The van der Waals surface area contributed by atoms with Crippen LogP contribution in [-0.4, -0.2) is 96.7 Å². The fourth-order valence-electron chi connectivity index (χ4n) is 10.4. The number of phosphoric ester groups is 2. The van der Waals surface area contributed by atoms with Crippen LogP contribution in [0.5, 0.6) is 0 Å². The van der Waals surface area contributed by atoms with Gasteiger partial charge in [0.1, 0.15) is 19.3 Å². The molecule has 0 aromatic rings. The fraction of sp³-hybridized carbons (Fsp3) is 0.942. The first-order valence-electron chi connectivity index (χ1n) is 36.0. The van der Waals surface area contributed by atoms with E-state index in [4.69, 9.17) is 37.0 Å². The third kappa shape index (κ3) is 61.6. The Labute approximate surface area is 537 Å². The molecule has 0 spiro atoms. The molecule has 0 rings (SSSR count). The Kier molecular flexibility index (Phi) is 59.9. The summed E-state index contributed by atoms with van der Waals surface area (Å²) >= 11 is 0. The number of hydrogen-bond acceptors (Lipinski definition) is 15. The SMILES string of the molecule is CCCCCCCCCCCCCC(=O)OC[C@H](COP(=O)(O)OC[C@@H](O)COP(=O)(O)OC[C@@H](COC(=O)CCCCCCCCCCCC)OC(=O)CCCCCCCCC(C)CC)OC(=O)CCCCCCCCCCCCCCCCC(C)C. The van der Waals surface area contributed by atoms with Gasteiger partial charge in [-0.2, -0.15) is 0 Å². The first-order valence-corrected chi connectivity index (χ1v) is 39.0. The Morgan fingerprint density at radius 3 is 0.864 bits per heavy atom. The van der Waals surface area contributed by atoms with Crippen LogP contribution in [0.15, 0.2) is 0 Å². The molecule has 522 valence electrons. The summed E-state index contributed by atoms with van der Waals surface area (Å²) in [6, 6.07) is 0. The van der Waals surface area contributed by atoms with Gasteiger partial charge in [0.25, 0.3) is 0 Å². The van der Waals surface area contributed by atoms with Crippen molar-refractivity contribution in [1.29, 1.82) is 0 Å². The first kappa shape index (κ1) is 86.1. The summed E-state index contributed by atoms with van der Waals surface area (Å²) in [7, 11) is -9.90. The molecule has 0 aliphatic heterocycles. The number of hydrogen-bond donors (Lipinski definition) is 3. The molecule has 0 aromatic carbocycles. The second-order valence-corrected chi connectivity index (χ2v) is 28.5. The smallest absolute Gasteiger partial charge is 0.462 e. The van der Waals surface area contributed by atoms with E-state index < -0.39 is 97.5 Å². The minimum absolute atomic E-state index is 0.103. The van der Waals surface area contributed by atoms with Crippen LogP contribution in [0.1, 0.15) is 350 Å². The van der Waals surface area contributed by atoms with E-state index in [0.717, 1.165) is 102 Å². The van der Waals surface area contributed by atoms with Crippen LogP contribution in [0, 0.1) is 11.8 Å². The van der Waals surface area contributed by atoms with Crippen LogP contribution in [0.25, 0.3) is 0 Å². The maximum Gasteiger partial charge on any atom is 0.472 e. The van der Waals surface area contributed by atoms with E-state index in [1.165, 1.54) is 167 Å². The molecule has 0 heterocycles. The molecule has 6 atom stereocenters. The molecule has 0 aliphatic carbocycles. The molecule has 0 amide bonds. The molecule has 88 heavy (non-hydrogen) atoms. The van der Waals surface area contributed by atoms with Gasteiger partial charge in [-0.1, -0.05) is 298 Å². The van der Waals surface area contributed by atoms with Crippen LogP contribution >= 0.6 is 15.6 Å². The lowest BCUT2D eigenvalue weighted by Crippen LogP contribution is -2.30. The van der Waals surface area contributed by atoms with E-state index in [-0.39, 0.29) is 25.7 Å². The molecule has 3 N–H and O–H groups in total. The maximum absolute atomic E-state index is 13.0. The molecule has 0 aliphatic rings. The number of aliphatic hydroxyl groups excluding tert-OH is 1. The van der Waals surface area contributed by atoms with Crippen LogP contribution in [0.2, 0.25) is 0 Å². The molecule has 0 aromatic heterocycles. The van der Waals surface area contributed by atoms with Crippen molar-refractivity contribution in [2.75, 3.05) is 39.6 Å². The quantitative estimate of drug-likeness (QED) is 0.0222. The minimum Gasteiger partial charge on any atom is -0.462 e.